The van der Waals surface area contributed by atoms with E-state index in [2.05, 4.69) is 15.6 Å². The van der Waals surface area contributed by atoms with Crippen molar-refractivity contribution in [1.29, 1.82) is 0 Å². The van der Waals surface area contributed by atoms with E-state index in [1.807, 2.05) is 43.3 Å². The lowest BCUT2D eigenvalue weighted by Gasteiger charge is -2.16. The lowest BCUT2D eigenvalue weighted by Crippen LogP contribution is -2.20. The topological polar surface area (TPSA) is 92.8 Å². The highest BCUT2D eigenvalue weighted by atomic mass is 16.5. The van der Waals surface area contributed by atoms with Gasteiger partial charge in [-0.2, -0.15) is 0 Å². The first kappa shape index (κ1) is 22.0. The molecular formula is C23H26N4O4. The number of hydrogen-bond donors (Lipinski definition) is 2. The van der Waals surface area contributed by atoms with Gasteiger partial charge in [0.2, 0.25) is 0 Å². The number of hydrogen-bond acceptors (Lipinski definition) is 7. The van der Waals surface area contributed by atoms with Gasteiger partial charge in [-0.05, 0) is 56.6 Å². The van der Waals surface area contributed by atoms with Crippen LogP contribution in [0.15, 0.2) is 48.7 Å². The summed E-state index contributed by atoms with van der Waals surface area (Å²) in [7, 11) is 6.98. The van der Waals surface area contributed by atoms with E-state index in [9.17, 15) is 9.59 Å². The number of carbonyl (C=O) groups is 2. The number of nitrogens with one attached hydrogen (secondary N) is 2. The number of nitrogens with zero attached hydrogens (tertiary/aromatic N) is 2. The molecule has 0 fully saturated rings. The van der Waals surface area contributed by atoms with Gasteiger partial charge in [-0.15, -0.1) is 0 Å². The van der Waals surface area contributed by atoms with Gasteiger partial charge in [0.05, 0.1) is 18.3 Å². The fourth-order valence-corrected chi connectivity index (χ4v) is 2.98. The minimum Gasteiger partial charge on any atom is -0.497 e. The van der Waals surface area contributed by atoms with E-state index in [0.717, 1.165) is 11.4 Å². The highest BCUT2D eigenvalue weighted by Gasteiger charge is 2.19. The highest BCUT2D eigenvalue weighted by Crippen LogP contribution is 2.31. The Bertz CT molecular complexity index is 1080. The maximum absolute atomic E-state index is 12.8. The summed E-state index contributed by atoms with van der Waals surface area (Å²) >= 11 is 0. The van der Waals surface area contributed by atoms with Crippen molar-refractivity contribution in [3.63, 3.8) is 0 Å². The first-order chi connectivity index (χ1) is 14.9. The summed E-state index contributed by atoms with van der Waals surface area (Å²) in [5, 5.41) is 6.54. The first-order valence-corrected chi connectivity index (χ1v) is 9.80. The van der Waals surface area contributed by atoms with Crippen LogP contribution < -0.4 is 15.4 Å². The molecule has 8 heteroatoms. The summed E-state index contributed by atoms with van der Waals surface area (Å²) in [5.41, 5.74) is 2.68. The second-order valence-electron chi connectivity index (χ2n) is 7.15. The van der Waals surface area contributed by atoms with E-state index in [1.54, 1.807) is 32.4 Å². The number of esters is 1. The lowest BCUT2D eigenvalue weighted by molar-refractivity contribution is 0.0482. The molecule has 1 aromatic heterocycles. The number of fused-ring (bicyclic) bond motifs is 1. The Morgan fingerprint density at radius 1 is 1.10 bits per heavy atom. The van der Waals surface area contributed by atoms with Gasteiger partial charge in [-0.1, -0.05) is 0 Å². The molecule has 0 saturated heterocycles. The largest absolute Gasteiger partial charge is 0.497 e. The molecule has 31 heavy (non-hydrogen) atoms. The first-order valence-electron chi connectivity index (χ1n) is 9.80. The number of methoxy groups -OCH3 is 1. The van der Waals surface area contributed by atoms with Gasteiger partial charge < -0.3 is 25.0 Å². The minimum absolute atomic E-state index is 0.226. The summed E-state index contributed by atoms with van der Waals surface area (Å²) in [6.45, 7) is 0.860. The molecular weight excluding hydrogens is 396 g/mol. The summed E-state index contributed by atoms with van der Waals surface area (Å²) in [6.07, 6.45) is 1.49. The molecule has 0 radical (unpaired) electrons. The molecule has 0 aliphatic rings. The van der Waals surface area contributed by atoms with Crippen molar-refractivity contribution in [2.45, 2.75) is 0 Å². The van der Waals surface area contributed by atoms with Crippen LogP contribution in [0.5, 0.6) is 5.75 Å². The normalized spacial score (nSPS) is 10.7. The number of aromatic nitrogens is 1. The molecule has 3 aromatic rings. The van der Waals surface area contributed by atoms with Crippen LogP contribution in [0.1, 0.15) is 20.7 Å². The molecule has 0 aliphatic heterocycles. The minimum atomic E-state index is -0.488. The summed E-state index contributed by atoms with van der Waals surface area (Å²) in [5.74, 6) is 0.00391. The number of likely N-dealkylation sites (N-methyl/N-ethyl adjacent to an activating group) is 1. The number of ether oxygens (including phenoxy) is 2. The van der Waals surface area contributed by atoms with Crippen LogP contribution in [-0.4, -0.2) is 63.2 Å². The highest BCUT2D eigenvalue weighted by molar-refractivity contribution is 6.08. The van der Waals surface area contributed by atoms with Gasteiger partial charge in [0.25, 0.3) is 5.91 Å². The Kier molecular flexibility index (Phi) is 7.04. The smallest absolute Gasteiger partial charge is 0.341 e. The Labute approximate surface area is 181 Å². The van der Waals surface area contributed by atoms with Crippen LogP contribution in [0.2, 0.25) is 0 Å². The van der Waals surface area contributed by atoms with Crippen LogP contribution in [-0.2, 0) is 4.74 Å². The van der Waals surface area contributed by atoms with Crippen molar-refractivity contribution in [3.8, 4) is 5.75 Å². The third kappa shape index (κ3) is 5.29. The van der Waals surface area contributed by atoms with E-state index >= 15 is 0 Å². The molecule has 0 bridgehead atoms. The standard InChI is InChI=1S/C23H26N4O4/c1-24-22(28)15-5-10-20-18(13-15)21(26-16-6-8-17(30-4)9-7-16)19(14-25-20)23(29)31-12-11-27(2)3/h5-10,13-14H,11-12H2,1-4H3,(H,24,28)(H,25,26). The second kappa shape index (κ2) is 9.90. The van der Waals surface area contributed by atoms with Crippen LogP contribution >= 0.6 is 0 Å². The lowest BCUT2D eigenvalue weighted by atomic mass is 10.1. The Hall–Kier alpha value is -3.65. The van der Waals surface area contributed by atoms with Crippen molar-refractivity contribution >= 4 is 34.2 Å². The van der Waals surface area contributed by atoms with E-state index in [0.29, 0.717) is 28.7 Å². The van der Waals surface area contributed by atoms with Crippen LogP contribution in [0.3, 0.4) is 0 Å². The van der Waals surface area contributed by atoms with Gasteiger partial charge in [0.15, 0.2) is 0 Å². The second-order valence-corrected chi connectivity index (χ2v) is 7.15. The molecule has 1 heterocycles. The molecule has 0 atom stereocenters. The quantitative estimate of drug-likeness (QED) is 0.539. The van der Waals surface area contributed by atoms with Gasteiger partial charge in [-0.25, -0.2) is 4.79 Å². The number of benzene rings is 2. The van der Waals surface area contributed by atoms with Gasteiger partial charge in [-0.3, -0.25) is 9.78 Å². The molecule has 1 amide bonds. The molecule has 8 nitrogen and oxygen atoms in total. The Balaban J connectivity index is 2.06. The average molecular weight is 422 g/mol. The average Bonchev–Trinajstić information content (AvgIpc) is 2.78. The molecule has 0 saturated carbocycles. The van der Waals surface area contributed by atoms with E-state index in [1.165, 1.54) is 6.20 Å². The van der Waals surface area contributed by atoms with Crippen molar-refractivity contribution in [2.24, 2.45) is 0 Å². The van der Waals surface area contributed by atoms with E-state index < -0.39 is 5.97 Å². The zero-order valence-corrected chi connectivity index (χ0v) is 18.1. The van der Waals surface area contributed by atoms with Crippen molar-refractivity contribution in [3.05, 3.63) is 59.8 Å². The SMILES string of the molecule is CNC(=O)c1ccc2ncc(C(=O)OCCN(C)C)c(Nc3ccc(OC)cc3)c2c1. The summed E-state index contributed by atoms with van der Waals surface area (Å²) < 4.78 is 10.7. The van der Waals surface area contributed by atoms with Crippen molar-refractivity contribution < 1.29 is 19.1 Å². The zero-order chi connectivity index (χ0) is 22.4. The maximum Gasteiger partial charge on any atom is 0.341 e. The third-order valence-corrected chi connectivity index (χ3v) is 4.71. The molecule has 3 rings (SSSR count). The summed E-state index contributed by atoms with van der Waals surface area (Å²) in [4.78, 5) is 31.3. The molecule has 2 N–H and O–H groups in total. The van der Waals surface area contributed by atoms with Gasteiger partial charge in [0, 0.05) is 36.4 Å². The fourth-order valence-electron chi connectivity index (χ4n) is 2.98. The van der Waals surface area contributed by atoms with E-state index in [4.69, 9.17) is 9.47 Å². The molecule has 2 aromatic carbocycles. The molecule has 0 unspecified atom stereocenters. The number of amides is 1. The van der Waals surface area contributed by atoms with Crippen molar-refractivity contribution in [1.82, 2.24) is 15.2 Å². The van der Waals surface area contributed by atoms with Crippen molar-refractivity contribution in [2.75, 3.05) is 46.7 Å². The Morgan fingerprint density at radius 3 is 2.48 bits per heavy atom. The summed E-state index contributed by atoms with van der Waals surface area (Å²) in [6, 6.07) is 12.5. The monoisotopic (exact) mass is 422 g/mol. The number of pyridine rings is 1. The predicted octanol–water partition coefficient (Wildman–Crippen LogP) is 3.07. The maximum atomic E-state index is 12.8. The van der Waals surface area contributed by atoms with Gasteiger partial charge in [0.1, 0.15) is 17.9 Å². The number of carbonyl (C=O) groups excluding carboxylic acids is 2. The van der Waals surface area contributed by atoms with Gasteiger partial charge >= 0.3 is 5.97 Å². The van der Waals surface area contributed by atoms with Crippen LogP contribution in [0.4, 0.5) is 11.4 Å². The predicted molar refractivity (Wildman–Crippen MR) is 120 cm³/mol. The Morgan fingerprint density at radius 2 is 1.84 bits per heavy atom. The fraction of sp³-hybridized carbons (Fsp3) is 0.261. The van der Waals surface area contributed by atoms with E-state index in [-0.39, 0.29) is 18.1 Å². The number of rotatable bonds is 8. The number of anilines is 2. The van der Waals surface area contributed by atoms with Crippen LogP contribution in [0.25, 0.3) is 10.9 Å². The molecule has 162 valence electrons. The third-order valence-electron chi connectivity index (χ3n) is 4.71. The zero-order valence-electron chi connectivity index (χ0n) is 18.1. The molecule has 0 spiro atoms. The molecule has 0 aliphatic carbocycles. The van der Waals surface area contributed by atoms with Crippen LogP contribution in [0, 0.1) is 0 Å².